The molecule has 11 heteroatoms. The molecule has 0 saturated carbocycles. The van der Waals surface area contributed by atoms with Crippen molar-refractivity contribution in [2.75, 3.05) is 0 Å². The summed E-state index contributed by atoms with van der Waals surface area (Å²) in [7, 11) is 0. The van der Waals surface area contributed by atoms with Crippen molar-refractivity contribution in [1.29, 1.82) is 0 Å². The number of alkyl halides is 7. The molecule has 1 heterocycles. The van der Waals surface area contributed by atoms with Crippen LogP contribution in [0.3, 0.4) is 0 Å². The van der Waals surface area contributed by atoms with Gasteiger partial charge in [-0.05, 0) is 0 Å². The Kier molecular flexibility index (Phi) is 4.66. The molecule has 2 aromatic rings. The third-order valence-electron chi connectivity index (χ3n) is 3.57. The first kappa shape index (κ1) is 19.5. The summed E-state index contributed by atoms with van der Waals surface area (Å²) in [4.78, 5) is 11.7. The van der Waals surface area contributed by atoms with Crippen LogP contribution in [0.1, 0.15) is 0 Å². The topological polar surface area (TPSA) is 35.5 Å². The predicted molar refractivity (Wildman–Crippen MR) is 80.0 cm³/mol. The third-order valence-corrected chi connectivity index (χ3v) is 7.69. The number of ether oxygens (including phenoxy) is 1. The molecular formula is C16H8AsF7O3. The average molecular weight is 456 g/mol. The molecule has 0 atom stereocenters. The zero-order valence-electron chi connectivity index (χ0n) is 12.9. The monoisotopic (exact) mass is 456 g/mol. The van der Waals surface area contributed by atoms with Crippen LogP contribution < -0.4 is 13.4 Å². The van der Waals surface area contributed by atoms with Crippen LogP contribution in [0.2, 0.25) is 0 Å². The van der Waals surface area contributed by atoms with Gasteiger partial charge in [0.25, 0.3) is 0 Å². The van der Waals surface area contributed by atoms with E-state index in [0.29, 0.717) is 0 Å². The molecule has 3 rings (SSSR count). The van der Waals surface area contributed by atoms with Crippen LogP contribution in [-0.4, -0.2) is 39.0 Å². The molecule has 1 aliphatic heterocycles. The predicted octanol–water partition coefficient (Wildman–Crippen LogP) is 3.27. The van der Waals surface area contributed by atoms with E-state index in [9.17, 15) is 35.5 Å². The van der Waals surface area contributed by atoms with Gasteiger partial charge in [-0.15, -0.1) is 0 Å². The number of rotatable bonds is 3. The quantitative estimate of drug-likeness (QED) is 0.526. The summed E-state index contributed by atoms with van der Waals surface area (Å²) >= 11 is -3.45. The Labute approximate surface area is 152 Å². The summed E-state index contributed by atoms with van der Waals surface area (Å²) < 4.78 is 101. The van der Waals surface area contributed by atoms with Gasteiger partial charge in [0, 0.05) is 0 Å². The minimum absolute atomic E-state index is 0.148. The molecule has 0 saturated heterocycles. The number of benzene rings is 2. The third kappa shape index (κ3) is 3.16. The van der Waals surface area contributed by atoms with E-state index in [1.807, 2.05) is 0 Å². The molecule has 0 bridgehead atoms. The number of carbonyl (C=O) groups excluding carboxylic acids is 1. The molecular weight excluding hydrogens is 448 g/mol. The zero-order chi connectivity index (χ0) is 20.0. The summed E-state index contributed by atoms with van der Waals surface area (Å²) in [6, 6.07) is 11.6. The molecule has 3 nitrogen and oxygen atoms in total. The van der Waals surface area contributed by atoms with E-state index >= 15 is 0 Å². The Morgan fingerprint density at radius 2 is 1.26 bits per heavy atom. The fraction of sp³-hybridized carbons (Fsp3) is 0.188. The van der Waals surface area contributed by atoms with Crippen molar-refractivity contribution in [2.24, 2.45) is 0 Å². The SMILES string of the molecule is O=C(O[As]1c2ccccc2Oc2ccccc21)C(F)(F)C(F)(F)C(F)(F)F. The molecule has 27 heavy (non-hydrogen) atoms. The Morgan fingerprint density at radius 1 is 0.815 bits per heavy atom. The molecule has 2 aromatic carbocycles. The number of hydrogen-bond donors (Lipinski definition) is 0. The van der Waals surface area contributed by atoms with Crippen LogP contribution in [0.15, 0.2) is 48.5 Å². The van der Waals surface area contributed by atoms with Crippen molar-refractivity contribution < 1.29 is 44.0 Å². The number of hydrogen-bond acceptors (Lipinski definition) is 3. The summed E-state index contributed by atoms with van der Waals surface area (Å²) in [5.41, 5.74) is 0. The van der Waals surface area contributed by atoms with E-state index < -0.39 is 39.0 Å². The second-order valence-electron chi connectivity index (χ2n) is 5.36. The Bertz CT molecular complexity index is 837. The molecule has 0 fully saturated rings. The summed E-state index contributed by atoms with van der Waals surface area (Å²) in [6.45, 7) is 0. The van der Waals surface area contributed by atoms with Crippen molar-refractivity contribution in [3.8, 4) is 11.5 Å². The Hall–Kier alpha value is -2.22. The zero-order valence-corrected chi connectivity index (χ0v) is 14.8. The first-order valence-corrected chi connectivity index (χ1v) is 9.82. The van der Waals surface area contributed by atoms with Crippen LogP contribution in [0.4, 0.5) is 30.7 Å². The first-order chi connectivity index (χ1) is 12.5. The molecule has 0 N–H and O–H groups in total. The molecule has 1 aliphatic rings. The summed E-state index contributed by atoms with van der Waals surface area (Å²) in [5, 5.41) is 0. The minimum atomic E-state index is -6.62. The van der Waals surface area contributed by atoms with Crippen molar-refractivity contribution in [2.45, 2.75) is 18.0 Å². The summed E-state index contributed by atoms with van der Waals surface area (Å²) in [5.74, 6) is -15.3. The molecule has 0 amide bonds. The van der Waals surface area contributed by atoms with Gasteiger partial charge in [0.05, 0.1) is 0 Å². The normalized spacial score (nSPS) is 14.8. The van der Waals surface area contributed by atoms with E-state index in [1.165, 1.54) is 48.5 Å². The molecule has 0 aliphatic carbocycles. The maximum absolute atomic E-state index is 13.6. The molecule has 0 aromatic heterocycles. The second-order valence-corrected chi connectivity index (χ2v) is 9.00. The first-order valence-electron chi connectivity index (χ1n) is 7.17. The van der Waals surface area contributed by atoms with Crippen LogP contribution >= 0.6 is 0 Å². The number of halogens is 7. The molecule has 0 radical (unpaired) electrons. The van der Waals surface area contributed by atoms with Crippen LogP contribution in [0.25, 0.3) is 0 Å². The van der Waals surface area contributed by atoms with Gasteiger partial charge in [0.15, 0.2) is 0 Å². The fourth-order valence-corrected chi connectivity index (χ4v) is 6.03. The van der Waals surface area contributed by atoms with E-state index in [0.717, 1.165) is 0 Å². The number of carbonyl (C=O) groups is 1. The Balaban J connectivity index is 2.00. The van der Waals surface area contributed by atoms with Gasteiger partial charge in [-0.3, -0.25) is 0 Å². The van der Waals surface area contributed by atoms with Crippen LogP contribution in [0, 0.1) is 0 Å². The van der Waals surface area contributed by atoms with Gasteiger partial charge in [-0.1, -0.05) is 0 Å². The van der Waals surface area contributed by atoms with Crippen LogP contribution in [-0.2, 0) is 8.52 Å². The van der Waals surface area contributed by atoms with Gasteiger partial charge in [0.2, 0.25) is 0 Å². The van der Waals surface area contributed by atoms with Crippen molar-refractivity contribution in [3.63, 3.8) is 0 Å². The van der Waals surface area contributed by atoms with Gasteiger partial charge < -0.3 is 0 Å². The number of fused-ring (bicyclic) bond motifs is 2. The van der Waals surface area contributed by atoms with E-state index in [4.69, 9.17) is 4.74 Å². The van der Waals surface area contributed by atoms with E-state index in [-0.39, 0.29) is 20.2 Å². The van der Waals surface area contributed by atoms with Gasteiger partial charge in [-0.25, -0.2) is 0 Å². The fourth-order valence-electron chi connectivity index (χ4n) is 2.22. The maximum atomic E-state index is 13.6. The van der Waals surface area contributed by atoms with Gasteiger partial charge in [0.1, 0.15) is 0 Å². The van der Waals surface area contributed by atoms with Crippen LogP contribution in [0.5, 0.6) is 11.5 Å². The molecule has 0 spiro atoms. The standard InChI is InChI=1S/C16H8AsF7O3/c18-14(19,15(20,21)16(22,23)24)13(25)27-17-9-5-1-3-7-11(9)26-12-8-4-2-6-10(12)17/h1-8H. The van der Waals surface area contributed by atoms with E-state index in [2.05, 4.69) is 3.73 Å². The van der Waals surface area contributed by atoms with Crippen molar-refractivity contribution in [1.82, 2.24) is 0 Å². The van der Waals surface area contributed by atoms with Gasteiger partial charge >= 0.3 is 152 Å². The number of para-hydroxylation sites is 2. The van der Waals surface area contributed by atoms with Gasteiger partial charge in [-0.2, -0.15) is 0 Å². The van der Waals surface area contributed by atoms with Crippen molar-refractivity contribution in [3.05, 3.63) is 48.5 Å². The summed E-state index contributed by atoms with van der Waals surface area (Å²) in [6.07, 6.45) is -6.62. The second kappa shape index (κ2) is 6.44. The van der Waals surface area contributed by atoms with E-state index in [1.54, 1.807) is 0 Å². The average Bonchev–Trinajstić information content (AvgIpc) is 2.60. The van der Waals surface area contributed by atoms with Crippen molar-refractivity contribution >= 4 is 29.7 Å². The molecule has 144 valence electrons. The Morgan fingerprint density at radius 3 is 1.70 bits per heavy atom. The molecule has 0 unspecified atom stereocenters.